The normalized spacial score (nSPS) is 12.8. The molecule has 4 rings (SSSR count). The number of benzene rings is 4. The zero-order valence-electron chi connectivity index (χ0n) is 19.0. The van der Waals surface area contributed by atoms with Gasteiger partial charge in [-0.05, 0) is 45.3 Å². The second-order valence-electron chi connectivity index (χ2n) is 8.94. The van der Waals surface area contributed by atoms with Crippen LogP contribution in [0.15, 0.2) is 66.7 Å². The summed E-state index contributed by atoms with van der Waals surface area (Å²) < 4.78 is 74.9. The van der Waals surface area contributed by atoms with E-state index in [1.807, 2.05) is 74.2 Å². The minimum absolute atomic E-state index is 0.257. The lowest BCUT2D eigenvalue weighted by atomic mass is 9.93. The third kappa shape index (κ3) is 4.14. The van der Waals surface area contributed by atoms with Crippen LogP contribution in [0.25, 0.3) is 32.7 Å². The molecule has 178 valence electrons. The van der Waals surface area contributed by atoms with E-state index in [2.05, 4.69) is 0 Å². The van der Waals surface area contributed by atoms with Crippen molar-refractivity contribution in [3.05, 3.63) is 66.7 Å². The lowest BCUT2D eigenvalue weighted by molar-refractivity contribution is -0.0499. The molecule has 0 aromatic heterocycles. The van der Waals surface area contributed by atoms with Crippen LogP contribution in [0, 0.1) is 0 Å². The molecule has 34 heavy (non-hydrogen) atoms. The third-order valence-corrected chi connectivity index (χ3v) is 8.55. The Hall–Kier alpha value is -3.04. The molecule has 0 radical (unpaired) electrons. The summed E-state index contributed by atoms with van der Waals surface area (Å²) in [6, 6.07) is 20.2. The van der Waals surface area contributed by atoms with Gasteiger partial charge in [-0.15, -0.1) is 0 Å². The number of fused-ring (bicyclic) bond motifs is 3. The molecular formula is C25H23F3O4SSi. The summed E-state index contributed by atoms with van der Waals surface area (Å²) in [4.78, 5) is 0. The Balaban J connectivity index is 2.15. The Labute approximate surface area is 197 Å². The first kappa shape index (κ1) is 24.1. The van der Waals surface area contributed by atoms with Crippen molar-refractivity contribution in [2.24, 2.45) is 0 Å². The van der Waals surface area contributed by atoms with Gasteiger partial charge < -0.3 is 8.92 Å². The topological polar surface area (TPSA) is 52.6 Å². The van der Waals surface area contributed by atoms with E-state index in [1.54, 1.807) is 12.1 Å². The maximum atomic E-state index is 13.4. The van der Waals surface area contributed by atoms with Gasteiger partial charge in [-0.1, -0.05) is 68.2 Å². The largest absolute Gasteiger partial charge is 0.534 e. The van der Waals surface area contributed by atoms with Crippen LogP contribution in [-0.2, 0) is 10.1 Å². The predicted molar refractivity (Wildman–Crippen MR) is 132 cm³/mol. The molecule has 0 spiro atoms. The van der Waals surface area contributed by atoms with Crippen molar-refractivity contribution in [1.82, 2.24) is 0 Å². The molecule has 0 aliphatic carbocycles. The Kier molecular flexibility index (Phi) is 5.89. The summed E-state index contributed by atoms with van der Waals surface area (Å²) in [7, 11) is -6.99. The minimum Gasteiger partial charge on any atom is -0.497 e. The number of methoxy groups -OCH3 is 1. The van der Waals surface area contributed by atoms with Crippen molar-refractivity contribution >= 4 is 44.9 Å². The van der Waals surface area contributed by atoms with Crippen LogP contribution in [0.4, 0.5) is 13.2 Å². The van der Waals surface area contributed by atoms with E-state index < -0.39 is 23.7 Å². The first-order valence-corrected chi connectivity index (χ1v) is 15.4. The van der Waals surface area contributed by atoms with Crippen LogP contribution >= 0.6 is 0 Å². The van der Waals surface area contributed by atoms with Crippen molar-refractivity contribution in [3.8, 4) is 22.6 Å². The monoisotopic (exact) mass is 504 g/mol. The number of hydrogen-bond acceptors (Lipinski definition) is 4. The van der Waals surface area contributed by atoms with Gasteiger partial charge in [-0.3, -0.25) is 0 Å². The van der Waals surface area contributed by atoms with Crippen molar-refractivity contribution in [2.75, 3.05) is 7.11 Å². The number of alkyl halides is 3. The highest BCUT2D eigenvalue weighted by atomic mass is 32.2. The first-order chi connectivity index (χ1) is 15.8. The summed E-state index contributed by atoms with van der Waals surface area (Å²) in [5.41, 5.74) is -4.74. The number of ether oxygens (including phenoxy) is 1. The van der Waals surface area contributed by atoms with E-state index in [1.165, 1.54) is 7.11 Å². The van der Waals surface area contributed by atoms with E-state index in [0.717, 1.165) is 21.5 Å². The van der Waals surface area contributed by atoms with Gasteiger partial charge in [0.15, 0.2) is 5.75 Å². The molecule has 0 aliphatic heterocycles. The van der Waals surface area contributed by atoms with Crippen LogP contribution in [0.3, 0.4) is 0 Å². The molecule has 0 atom stereocenters. The van der Waals surface area contributed by atoms with E-state index in [-0.39, 0.29) is 11.3 Å². The van der Waals surface area contributed by atoms with Gasteiger partial charge in [0, 0.05) is 10.8 Å². The zero-order valence-corrected chi connectivity index (χ0v) is 20.8. The fourth-order valence-corrected chi connectivity index (χ4v) is 6.53. The Morgan fingerprint density at radius 1 is 0.794 bits per heavy atom. The SMILES string of the molecule is COc1ccc(-c2cc3ccccc3c3ccccc23)c(OS(=O)(=O)C(F)(F)F)c1[Si](C)(C)C. The fraction of sp³-hybridized carbons (Fsp3) is 0.200. The summed E-state index contributed by atoms with van der Waals surface area (Å²) in [6.07, 6.45) is 0. The van der Waals surface area contributed by atoms with Crippen molar-refractivity contribution in [1.29, 1.82) is 0 Å². The van der Waals surface area contributed by atoms with Crippen molar-refractivity contribution in [3.63, 3.8) is 0 Å². The number of hydrogen-bond donors (Lipinski definition) is 0. The summed E-state index contributed by atoms with van der Waals surface area (Å²) in [6.45, 7) is 5.67. The molecule has 4 aromatic rings. The van der Waals surface area contributed by atoms with Gasteiger partial charge in [0.1, 0.15) is 5.75 Å². The van der Waals surface area contributed by atoms with Gasteiger partial charge in [0.05, 0.1) is 15.2 Å². The maximum absolute atomic E-state index is 13.4. The first-order valence-electron chi connectivity index (χ1n) is 10.5. The number of halogens is 3. The van der Waals surface area contributed by atoms with Gasteiger partial charge in [0.25, 0.3) is 0 Å². The molecule has 0 heterocycles. The summed E-state index contributed by atoms with van der Waals surface area (Å²) in [5.74, 6) is -0.0448. The maximum Gasteiger partial charge on any atom is 0.534 e. The van der Waals surface area contributed by atoms with Crippen LogP contribution < -0.4 is 14.1 Å². The Morgan fingerprint density at radius 2 is 1.38 bits per heavy atom. The number of rotatable bonds is 5. The molecule has 0 saturated heterocycles. The van der Waals surface area contributed by atoms with Crippen molar-refractivity contribution < 1.29 is 30.5 Å². The second-order valence-corrected chi connectivity index (χ2v) is 15.5. The van der Waals surface area contributed by atoms with Gasteiger partial charge in [-0.25, -0.2) is 0 Å². The van der Waals surface area contributed by atoms with Gasteiger partial charge in [-0.2, -0.15) is 21.6 Å². The lowest BCUT2D eigenvalue weighted by Gasteiger charge is -2.26. The van der Waals surface area contributed by atoms with Crippen LogP contribution in [0.2, 0.25) is 19.6 Å². The molecule has 0 aliphatic rings. The summed E-state index contributed by atoms with van der Waals surface area (Å²) in [5, 5.41) is 3.86. The lowest BCUT2D eigenvalue weighted by Crippen LogP contribution is -2.41. The molecule has 4 nitrogen and oxygen atoms in total. The smallest absolute Gasteiger partial charge is 0.497 e. The Bertz CT molecular complexity index is 1510. The highest BCUT2D eigenvalue weighted by Crippen LogP contribution is 2.42. The van der Waals surface area contributed by atoms with E-state index in [0.29, 0.717) is 16.5 Å². The molecule has 4 aromatic carbocycles. The minimum atomic E-state index is -5.92. The standard InChI is InChI=1S/C25H23F3O4SSi/c1-31-22-14-13-20(23(24(22)34(2,3)4)32-33(29,30)25(26,27)28)21-15-16-9-5-6-10-17(16)18-11-7-8-12-19(18)21/h5-15H,1-4H3. The molecular weight excluding hydrogens is 481 g/mol. The fourth-order valence-electron chi connectivity index (χ4n) is 4.18. The average Bonchev–Trinajstić information content (AvgIpc) is 2.76. The Morgan fingerprint density at radius 3 is 1.97 bits per heavy atom. The molecule has 0 fully saturated rings. The molecule has 0 amide bonds. The van der Waals surface area contributed by atoms with Crippen LogP contribution in [-0.4, -0.2) is 29.1 Å². The van der Waals surface area contributed by atoms with E-state index in [4.69, 9.17) is 8.92 Å². The highest BCUT2D eigenvalue weighted by molar-refractivity contribution is 7.88. The van der Waals surface area contributed by atoms with Crippen LogP contribution in [0.5, 0.6) is 11.5 Å². The molecule has 0 bridgehead atoms. The van der Waals surface area contributed by atoms with Gasteiger partial charge in [0.2, 0.25) is 0 Å². The third-order valence-electron chi connectivity index (χ3n) is 5.62. The molecule has 0 N–H and O–H groups in total. The van der Waals surface area contributed by atoms with Crippen molar-refractivity contribution in [2.45, 2.75) is 25.1 Å². The molecule has 0 saturated carbocycles. The summed E-state index contributed by atoms with van der Waals surface area (Å²) >= 11 is 0. The quantitative estimate of drug-likeness (QED) is 0.136. The predicted octanol–water partition coefficient (Wildman–Crippen LogP) is 6.44. The molecule has 0 unspecified atom stereocenters. The second kappa shape index (κ2) is 8.32. The average molecular weight is 505 g/mol. The van der Waals surface area contributed by atoms with E-state index in [9.17, 15) is 21.6 Å². The zero-order chi connectivity index (χ0) is 24.9. The van der Waals surface area contributed by atoms with E-state index >= 15 is 0 Å². The highest BCUT2D eigenvalue weighted by Gasteiger charge is 2.49. The van der Waals surface area contributed by atoms with Gasteiger partial charge >= 0.3 is 15.6 Å². The molecule has 9 heteroatoms. The van der Waals surface area contributed by atoms with Crippen LogP contribution in [0.1, 0.15) is 0 Å².